The number of allylic oxidation sites excluding steroid dienone is 2. The zero-order valence-electron chi connectivity index (χ0n) is 12.2. The minimum Gasteiger partial charge on any atom is -0.512 e. The third kappa shape index (κ3) is 4.93. The molecular formula is C15H28O2. The lowest BCUT2D eigenvalue weighted by atomic mass is 9.86. The van der Waals surface area contributed by atoms with Gasteiger partial charge in [0, 0.05) is 17.9 Å². The molecule has 0 aliphatic carbocycles. The normalized spacial score (nSPS) is 16.4. The highest BCUT2D eigenvalue weighted by atomic mass is 16.3. The molecule has 100 valence electrons. The lowest BCUT2D eigenvalue weighted by Crippen LogP contribution is -2.19. The van der Waals surface area contributed by atoms with E-state index in [0.717, 1.165) is 12.8 Å². The molecule has 0 aromatic carbocycles. The molecule has 17 heavy (non-hydrogen) atoms. The van der Waals surface area contributed by atoms with Gasteiger partial charge in [0.15, 0.2) is 5.78 Å². The number of carbonyl (C=O) groups excluding carboxylic acids is 1. The van der Waals surface area contributed by atoms with E-state index in [0.29, 0.717) is 11.8 Å². The standard InChI is InChI=1S/C15H28O2/c1-7-12(10(3)4)14(16)9-15(17)13(8-2)11(5)6/h9-13,16H,7-8H2,1-6H3/b14-9-. The first-order valence-corrected chi connectivity index (χ1v) is 6.79. The first kappa shape index (κ1) is 16.2. The van der Waals surface area contributed by atoms with Crippen molar-refractivity contribution in [2.45, 2.75) is 54.4 Å². The van der Waals surface area contributed by atoms with E-state index in [1.54, 1.807) is 0 Å². The Balaban J connectivity index is 4.82. The Bertz CT molecular complexity index is 264. The average molecular weight is 240 g/mol. The average Bonchev–Trinajstić information content (AvgIpc) is 2.17. The summed E-state index contributed by atoms with van der Waals surface area (Å²) in [5.41, 5.74) is 0. The molecule has 0 amide bonds. The van der Waals surface area contributed by atoms with Gasteiger partial charge in [-0.15, -0.1) is 0 Å². The monoisotopic (exact) mass is 240 g/mol. The molecule has 0 aliphatic rings. The van der Waals surface area contributed by atoms with Crippen LogP contribution in [0.3, 0.4) is 0 Å². The van der Waals surface area contributed by atoms with Gasteiger partial charge in [0.2, 0.25) is 0 Å². The van der Waals surface area contributed by atoms with Crippen LogP contribution in [0.25, 0.3) is 0 Å². The fraction of sp³-hybridized carbons (Fsp3) is 0.800. The fourth-order valence-electron chi connectivity index (χ4n) is 2.38. The number of hydrogen-bond acceptors (Lipinski definition) is 2. The molecule has 1 N–H and O–H groups in total. The molecule has 0 saturated heterocycles. The summed E-state index contributed by atoms with van der Waals surface area (Å²) in [6.07, 6.45) is 3.16. The number of hydrogen-bond donors (Lipinski definition) is 1. The van der Waals surface area contributed by atoms with Gasteiger partial charge in [-0.25, -0.2) is 0 Å². The van der Waals surface area contributed by atoms with Crippen LogP contribution >= 0.6 is 0 Å². The quantitative estimate of drug-likeness (QED) is 0.530. The third-order valence-electron chi connectivity index (χ3n) is 3.52. The maximum Gasteiger partial charge on any atom is 0.162 e. The van der Waals surface area contributed by atoms with Crippen molar-refractivity contribution in [2.24, 2.45) is 23.7 Å². The van der Waals surface area contributed by atoms with Gasteiger partial charge in [-0.05, 0) is 24.7 Å². The lowest BCUT2D eigenvalue weighted by Gasteiger charge is -2.20. The molecule has 0 aromatic rings. The van der Waals surface area contributed by atoms with E-state index in [9.17, 15) is 9.90 Å². The molecule has 2 heteroatoms. The third-order valence-corrected chi connectivity index (χ3v) is 3.52. The van der Waals surface area contributed by atoms with Gasteiger partial charge in [-0.2, -0.15) is 0 Å². The van der Waals surface area contributed by atoms with E-state index in [1.165, 1.54) is 6.08 Å². The second-order valence-electron chi connectivity index (χ2n) is 5.49. The van der Waals surface area contributed by atoms with Crippen LogP contribution in [-0.2, 0) is 4.79 Å². The van der Waals surface area contributed by atoms with Crippen molar-refractivity contribution in [2.75, 3.05) is 0 Å². The van der Waals surface area contributed by atoms with E-state index < -0.39 is 0 Å². The second kappa shape index (κ2) is 7.52. The van der Waals surface area contributed by atoms with Crippen molar-refractivity contribution in [1.82, 2.24) is 0 Å². The summed E-state index contributed by atoms with van der Waals surface area (Å²) < 4.78 is 0. The van der Waals surface area contributed by atoms with E-state index in [2.05, 4.69) is 27.7 Å². The second-order valence-corrected chi connectivity index (χ2v) is 5.49. The predicted octanol–water partition coefficient (Wildman–Crippen LogP) is 4.36. The Kier molecular flexibility index (Phi) is 7.17. The van der Waals surface area contributed by atoms with Crippen LogP contribution in [0.1, 0.15) is 54.4 Å². The van der Waals surface area contributed by atoms with Crippen LogP contribution < -0.4 is 0 Å². The maximum atomic E-state index is 12.0. The van der Waals surface area contributed by atoms with Crippen LogP contribution in [0.2, 0.25) is 0 Å². The molecule has 0 aromatic heterocycles. The number of ketones is 1. The SMILES string of the molecule is CCC(C(=O)/C=C(\O)C(CC)C(C)C)C(C)C. The Morgan fingerprint density at radius 3 is 1.71 bits per heavy atom. The van der Waals surface area contributed by atoms with E-state index >= 15 is 0 Å². The summed E-state index contributed by atoms with van der Waals surface area (Å²) in [5, 5.41) is 10.0. The number of rotatable bonds is 7. The lowest BCUT2D eigenvalue weighted by molar-refractivity contribution is -0.119. The Morgan fingerprint density at radius 2 is 1.41 bits per heavy atom. The van der Waals surface area contributed by atoms with Crippen molar-refractivity contribution < 1.29 is 9.90 Å². The minimum atomic E-state index is 0.0295. The van der Waals surface area contributed by atoms with Crippen LogP contribution in [0.5, 0.6) is 0 Å². The molecule has 2 atom stereocenters. The Morgan fingerprint density at radius 1 is 1.00 bits per heavy atom. The number of aliphatic hydroxyl groups excluding tert-OH is 1. The molecular weight excluding hydrogens is 212 g/mol. The highest BCUT2D eigenvalue weighted by Crippen LogP contribution is 2.24. The Hall–Kier alpha value is -0.790. The summed E-state index contributed by atoms with van der Waals surface area (Å²) in [5.74, 6) is 1.15. The highest BCUT2D eigenvalue weighted by molar-refractivity contribution is 5.92. The summed E-state index contributed by atoms with van der Waals surface area (Å²) in [6, 6.07) is 0. The van der Waals surface area contributed by atoms with Gasteiger partial charge in [0.1, 0.15) is 0 Å². The maximum absolute atomic E-state index is 12.0. The van der Waals surface area contributed by atoms with Crippen molar-refractivity contribution >= 4 is 5.78 Å². The van der Waals surface area contributed by atoms with Gasteiger partial charge >= 0.3 is 0 Å². The molecule has 2 unspecified atom stereocenters. The summed E-state index contributed by atoms with van der Waals surface area (Å²) in [4.78, 5) is 12.0. The minimum absolute atomic E-state index is 0.0295. The molecule has 0 rings (SSSR count). The van der Waals surface area contributed by atoms with Crippen molar-refractivity contribution in [3.63, 3.8) is 0 Å². The van der Waals surface area contributed by atoms with Gasteiger partial charge in [0.25, 0.3) is 0 Å². The van der Waals surface area contributed by atoms with E-state index in [1.807, 2.05) is 13.8 Å². The first-order chi connectivity index (χ1) is 7.84. The zero-order chi connectivity index (χ0) is 13.6. The largest absolute Gasteiger partial charge is 0.512 e. The molecule has 0 bridgehead atoms. The molecule has 0 heterocycles. The van der Waals surface area contributed by atoms with Crippen molar-refractivity contribution in [3.8, 4) is 0 Å². The van der Waals surface area contributed by atoms with Crippen LogP contribution in [0, 0.1) is 23.7 Å². The topological polar surface area (TPSA) is 37.3 Å². The summed E-state index contributed by atoms with van der Waals surface area (Å²) in [6.45, 7) is 12.3. The molecule has 0 fully saturated rings. The molecule has 0 saturated carbocycles. The Labute approximate surface area is 106 Å². The van der Waals surface area contributed by atoms with Crippen LogP contribution in [-0.4, -0.2) is 10.9 Å². The van der Waals surface area contributed by atoms with Gasteiger partial charge in [-0.3, -0.25) is 4.79 Å². The summed E-state index contributed by atoms with van der Waals surface area (Å²) in [7, 11) is 0. The van der Waals surface area contributed by atoms with Gasteiger partial charge < -0.3 is 5.11 Å². The van der Waals surface area contributed by atoms with E-state index in [4.69, 9.17) is 0 Å². The highest BCUT2D eigenvalue weighted by Gasteiger charge is 2.21. The smallest absolute Gasteiger partial charge is 0.162 e. The number of carbonyl (C=O) groups is 1. The summed E-state index contributed by atoms with van der Waals surface area (Å²) >= 11 is 0. The molecule has 0 spiro atoms. The first-order valence-electron chi connectivity index (χ1n) is 6.79. The van der Waals surface area contributed by atoms with Crippen molar-refractivity contribution in [3.05, 3.63) is 11.8 Å². The molecule has 0 aliphatic heterocycles. The van der Waals surface area contributed by atoms with E-state index in [-0.39, 0.29) is 23.4 Å². The van der Waals surface area contributed by atoms with Gasteiger partial charge in [-0.1, -0.05) is 41.5 Å². The predicted molar refractivity (Wildman–Crippen MR) is 73.0 cm³/mol. The fourth-order valence-corrected chi connectivity index (χ4v) is 2.38. The van der Waals surface area contributed by atoms with Gasteiger partial charge in [0.05, 0.1) is 5.76 Å². The van der Waals surface area contributed by atoms with Crippen LogP contribution in [0.4, 0.5) is 0 Å². The number of aliphatic hydroxyl groups is 1. The molecule has 2 nitrogen and oxygen atoms in total. The zero-order valence-corrected chi connectivity index (χ0v) is 12.2. The van der Waals surface area contributed by atoms with Crippen molar-refractivity contribution in [1.29, 1.82) is 0 Å². The van der Waals surface area contributed by atoms with Crippen LogP contribution in [0.15, 0.2) is 11.8 Å². The molecule has 0 radical (unpaired) electrons.